The maximum absolute atomic E-state index is 11.8. The molecule has 0 aliphatic carbocycles. The van der Waals surface area contributed by atoms with Crippen molar-refractivity contribution < 1.29 is 19.0 Å². The lowest BCUT2D eigenvalue weighted by Gasteiger charge is -2.15. The van der Waals surface area contributed by atoms with Crippen LogP contribution in [0.1, 0.15) is 35.3 Å². The van der Waals surface area contributed by atoms with Gasteiger partial charge in [0.15, 0.2) is 16.6 Å². The van der Waals surface area contributed by atoms with Gasteiger partial charge in [-0.15, -0.1) is 0 Å². The molecule has 2 N–H and O–H groups in total. The van der Waals surface area contributed by atoms with Crippen molar-refractivity contribution in [2.75, 3.05) is 25.6 Å². The van der Waals surface area contributed by atoms with Crippen LogP contribution in [0.4, 0.5) is 5.69 Å². The van der Waals surface area contributed by atoms with Crippen molar-refractivity contribution in [3.05, 3.63) is 53.1 Å². The first-order valence-corrected chi connectivity index (χ1v) is 9.51. The maximum Gasteiger partial charge on any atom is 0.338 e. The summed E-state index contributed by atoms with van der Waals surface area (Å²) in [6.07, 6.45) is 0. The van der Waals surface area contributed by atoms with E-state index < -0.39 is 0 Å². The number of anilines is 1. The van der Waals surface area contributed by atoms with Crippen molar-refractivity contribution in [2.24, 2.45) is 0 Å². The second-order valence-corrected chi connectivity index (χ2v) is 6.38. The summed E-state index contributed by atoms with van der Waals surface area (Å²) in [5.74, 6) is 1.07. The first kappa shape index (κ1) is 21.5. The van der Waals surface area contributed by atoms with Crippen LogP contribution >= 0.6 is 12.2 Å². The normalized spacial score (nSPS) is 10.1. The van der Waals surface area contributed by atoms with E-state index in [1.54, 1.807) is 26.2 Å². The molecule has 6 nitrogen and oxygen atoms in total. The quantitative estimate of drug-likeness (QED) is 0.510. The Morgan fingerprint density at radius 1 is 1.07 bits per heavy atom. The van der Waals surface area contributed by atoms with Crippen molar-refractivity contribution in [1.29, 1.82) is 0 Å². The van der Waals surface area contributed by atoms with Crippen molar-refractivity contribution in [2.45, 2.75) is 27.3 Å². The monoisotopic (exact) mass is 402 g/mol. The van der Waals surface area contributed by atoms with E-state index in [2.05, 4.69) is 10.6 Å². The maximum atomic E-state index is 11.8. The number of carbonyl (C=O) groups excluding carboxylic acids is 1. The minimum absolute atomic E-state index is 0.331. The highest BCUT2D eigenvalue weighted by molar-refractivity contribution is 7.80. The fourth-order valence-corrected chi connectivity index (χ4v) is 2.78. The highest BCUT2D eigenvalue weighted by Gasteiger charge is 2.10. The molecule has 0 saturated carbocycles. The Hall–Kier alpha value is -2.80. The summed E-state index contributed by atoms with van der Waals surface area (Å²) in [6.45, 7) is 7.07. The van der Waals surface area contributed by atoms with Crippen LogP contribution in [0.15, 0.2) is 36.4 Å². The molecule has 150 valence electrons. The molecular formula is C21H26N2O4S. The number of hydrogen-bond donors (Lipinski definition) is 2. The summed E-state index contributed by atoms with van der Waals surface area (Å²) in [5.41, 5.74) is 3.27. The van der Waals surface area contributed by atoms with Gasteiger partial charge in [0.25, 0.3) is 0 Å². The van der Waals surface area contributed by atoms with Crippen LogP contribution in [0.25, 0.3) is 0 Å². The molecule has 0 aliphatic rings. The lowest BCUT2D eigenvalue weighted by molar-refractivity contribution is 0.0526. The van der Waals surface area contributed by atoms with E-state index in [0.717, 1.165) is 16.8 Å². The molecule has 0 aliphatic heterocycles. The third-order valence-electron chi connectivity index (χ3n) is 3.97. The number of benzene rings is 2. The van der Waals surface area contributed by atoms with Crippen molar-refractivity contribution in [1.82, 2.24) is 5.32 Å². The Morgan fingerprint density at radius 2 is 1.86 bits per heavy atom. The van der Waals surface area contributed by atoms with Crippen LogP contribution in [0.3, 0.4) is 0 Å². The first-order valence-electron chi connectivity index (χ1n) is 9.10. The molecule has 0 spiro atoms. The van der Waals surface area contributed by atoms with Crippen LogP contribution in [0.2, 0.25) is 0 Å². The zero-order chi connectivity index (χ0) is 20.5. The average Bonchev–Trinajstić information content (AvgIpc) is 2.68. The molecule has 2 rings (SSSR count). The van der Waals surface area contributed by atoms with Gasteiger partial charge in [0, 0.05) is 12.2 Å². The molecule has 2 aromatic carbocycles. The summed E-state index contributed by atoms with van der Waals surface area (Å²) in [7, 11) is 1.62. The molecule has 0 unspecified atom stereocenters. The van der Waals surface area contributed by atoms with Gasteiger partial charge < -0.3 is 24.8 Å². The number of thiocarbonyl (C=S) groups is 1. The summed E-state index contributed by atoms with van der Waals surface area (Å²) in [4.78, 5) is 11.8. The van der Waals surface area contributed by atoms with Gasteiger partial charge in [0.05, 0.1) is 25.9 Å². The van der Waals surface area contributed by atoms with E-state index in [1.807, 2.05) is 38.1 Å². The molecule has 0 bridgehead atoms. The van der Waals surface area contributed by atoms with Gasteiger partial charge in [-0.2, -0.15) is 0 Å². The van der Waals surface area contributed by atoms with E-state index in [4.69, 9.17) is 26.4 Å². The predicted molar refractivity (Wildman–Crippen MR) is 114 cm³/mol. The third-order valence-corrected chi connectivity index (χ3v) is 4.21. The SMILES string of the molecule is CCOC(=O)c1ccc(NC(=S)NCc2ccc(OC)c(OCC)c2)c(C)c1. The Labute approximate surface area is 171 Å². The number of ether oxygens (including phenoxy) is 3. The minimum atomic E-state index is -0.331. The van der Waals surface area contributed by atoms with Crippen molar-refractivity contribution in [3.63, 3.8) is 0 Å². The van der Waals surface area contributed by atoms with Crippen LogP contribution in [0, 0.1) is 6.92 Å². The van der Waals surface area contributed by atoms with Crippen molar-refractivity contribution in [3.8, 4) is 11.5 Å². The zero-order valence-electron chi connectivity index (χ0n) is 16.6. The van der Waals surface area contributed by atoms with Crippen LogP contribution in [-0.2, 0) is 11.3 Å². The fraction of sp³-hybridized carbons (Fsp3) is 0.333. The summed E-state index contributed by atoms with van der Waals surface area (Å²) < 4.78 is 15.9. The summed E-state index contributed by atoms with van der Waals surface area (Å²) in [5, 5.41) is 6.81. The van der Waals surface area contributed by atoms with Crippen LogP contribution in [0.5, 0.6) is 11.5 Å². The smallest absolute Gasteiger partial charge is 0.338 e. The molecule has 0 heterocycles. The fourth-order valence-electron chi connectivity index (χ4n) is 2.59. The van der Waals surface area contributed by atoms with Crippen LogP contribution < -0.4 is 20.1 Å². The molecule has 0 aromatic heterocycles. The second-order valence-electron chi connectivity index (χ2n) is 5.98. The minimum Gasteiger partial charge on any atom is -0.493 e. The van der Waals surface area contributed by atoms with Gasteiger partial charge in [-0.1, -0.05) is 6.07 Å². The van der Waals surface area contributed by atoms with E-state index in [-0.39, 0.29) is 5.97 Å². The summed E-state index contributed by atoms with van der Waals surface area (Å²) in [6, 6.07) is 11.1. The number of hydrogen-bond acceptors (Lipinski definition) is 5. The van der Waals surface area contributed by atoms with E-state index in [1.165, 1.54) is 0 Å². The molecule has 2 aromatic rings. The number of nitrogens with one attached hydrogen (secondary N) is 2. The molecule has 0 fully saturated rings. The molecule has 7 heteroatoms. The molecule has 0 amide bonds. The first-order chi connectivity index (χ1) is 13.5. The van der Waals surface area contributed by atoms with Crippen LogP contribution in [-0.4, -0.2) is 31.4 Å². The Kier molecular flexibility index (Phi) is 8.07. The van der Waals surface area contributed by atoms with Gasteiger partial charge >= 0.3 is 5.97 Å². The molecular weight excluding hydrogens is 376 g/mol. The second kappa shape index (κ2) is 10.5. The molecule has 0 radical (unpaired) electrons. The van der Waals surface area contributed by atoms with Gasteiger partial charge in [-0.25, -0.2) is 4.79 Å². The van der Waals surface area contributed by atoms with Gasteiger partial charge in [-0.3, -0.25) is 0 Å². The Morgan fingerprint density at radius 3 is 2.50 bits per heavy atom. The average molecular weight is 403 g/mol. The Balaban J connectivity index is 1.97. The number of carbonyl (C=O) groups is 1. The largest absolute Gasteiger partial charge is 0.493 e. The number of esters is 1. The van der Waals surface area contributed by atoms with Crippen molar-refractivity contribution >= 4 is 29.0 Å². The topological polar surface area (TPSA) is 68.8 Å². The molecule has 28 heavy (non-hydrogen) atoms. The van der Waals surface area contributed by atoms with E-state index in [0.29, 0.717) is 41.9 Å². The third kappa shape index (κ3) is 5.85. The summed E-state index contributed by atoms with van der Waals surface area (Å²) >= 11 is 5.38. The van der Waals surface area contributed by atoms with E-state index in [9.17, 15) is 4.79 Å². The lowest BCUT2D eigenvalue weighted by Crippen LogP contribution is -2.28. The molecule has 0 atom stereocenters. The highest BCUT2D eigenvalue weighted by atomic mass is 32.1. The number of aryl methyl sites for hydroxylation is 1. The predicted octanol–water partition coefficient (Wildman–Crippen LogP) is 4.07. The highest BCUT2D eigenvalue weighted by Crippen LogP contribution is 2.28. The van der Waals surface area contributed by atoms with Gasteiger partial charge in [-0.05, 0) is 74.4 Å². The van der Waals surface area contributed by atoms with Gasteiger partial charge in [0.2, 0.25) is 0 Å². The van der Waals surface area contributed by atoms with E-state index >= 15 is 0 Å². The van der Waals surface area contributed by atoms with Gasteiger partial charge in [0.1, 0.15) is 0 Å². The standard InChI is InChI=1S/C21H26N2O4S/c1-5-26-19-12-15(7-10-18(19)25-4)13-22-21(28)23-17-9-8-16(11-14(17)3)20(24)27-6-2/h7-12H,5-6,13H2,1-4H3,(H2,22,23,28). The molecule has 0 saturated heterocycles. The number of methoxy groups -OCH3 is 1. The lowest BCUT2D eigenvalue weighted by atomic mass is 10.1. The Bertz CT molecular complexity index is 839. The zero-order valence-corrected chi connectivity index (χ0v) is 17.4. The number of rotatable bonds is 8.